The number of amides is 1. The molecule has 1 radical (unpaired) electrons. The van der Waals surface area contributed by atoms with Crippen LogP contribution < -0.4 is 36.0 Å². The Morgan fingerprint density at radius 3 is 1.56 bits per heavy atom. The molecule has 0 atom stereocenters. The van der Waals surface area contributed by atoms with Crippen LogP contribution in [0.1, 0.15) is 115 Å². The van der Waals surface area contributed by atoms with Gasteiger partial charge in [-0.05, 0) is 141 Å². The molecule has 80 heavy (non-hydrogen) atoms. The third-order valence-corrected chi connectivity index (χ3v) is 17.0. The average Bonchev–Trinajstić information content (AvgIpc) is 3.39. The van der Waals surface area contributed by atoms with Gasteiger partial charge in [0.15, 0.2) is 0 Å². The summed E-state index contributed by atoms with van der Waals surface area (Å²) in [5.41, 5.74) is 21.9. The summed E-state index contributed by atoms with van der Waals surface area (Å²) in [6, 6.07) is 72.1. The molecule has 1 saturated heterocycles. The van der Waals surface area contributed by atoms with Crippen LogP contribution in [-0.2, 0) is 27.2 Å². The Bertz CT molecular complexity index is 4080. The number of rotatable bonds is 8. The first-order valence-electron chi connectivity index (χ1n) is 28.5. The second kappa shape index (κ2) is 20.5. The normalized spacial score (nSPS) is 14.6. The molecule has 403 valence electrons. The van der Waals surface area contributed by atoms with Crippen LogP contribution in [0.15, 0.2) is 188 Å². The molecule has 1 fully saturated rings. The van der Waals surface area contributed by atoms with E-state index in [0.29, 0.717) is 30.2 Å². The van der Waals surface area contributed by atoms with Crippen molar-refractivity contribution in [1.82, 2.24) is 4.40 Å². The number of carbonyl (C=O) groups excluding carboxylic acids is 1. The first kappa shape index (κ1) is 53.1. The topological polar surface area (TPSA) is 34.4 Å². The van der Waals surface area contributed by atoms with Crippen molar-refractivity contribution in [1.29, 1.82) is 0 Å². The average molecular weight is 1230 g/mol. The van der Waals surface area contributed by atoms with Crippen molar-refractivity contribution in [2.45, 2.75) is 92.9 Å². The van der Waals surface area contributed by atoms with Crippen LogP contribution in [0.3, 0.4) is 0 Å². The van der Waals surface area contributed by atoms with Gasteiger partial charge in [-0.1, -0.05) is 188 Å². The molecule has 3 aliphatic rings. The van der Waals surface area contributed by atoms with E-state index in [2.05, 4.69) is 289 Å². The minimum Gasteiger partial charge on any atom is -0.502 e. The van der Waals surface area contributed by atoms with E-state index in [4.69, 9.17) is 0 Å². The number of anilines is 8. The molecule has 0 aliphatic carbocycles. The van der Waals surface area contributed by atoms with Gasteiger partial charge >= 0.3 is 0 Å². The standard InChI is InChI=1S/C42H25BN3.C30H43N2O.Au/c1-3-14-27(15-4-1)44-35-24-11-8-21-32(35)43-33-22-9-12-25-36(33)45(28-16-5-2-6-17-28)42-39-31-20-13-19-30-29-18-7-10-23-34(29)46(41(30)31)37(39)26-38(44)40(42)43;1-19(2)23-13-11-14-24(20(3)4)27(23)31-17-30(9,10)29(33)32(18-31)28-25(21(5)6)15-12-16-26(28)22(7)8;/h1-12,14-26H;11-16,18-22H,17H2,1-10H3;/q2*-1;. The van der Waals surface area contributed by atoms with Crippen molar-refractivity contribution in [3.05, 3.63) is 223 Å². The molecule has 0 saturated carbocycles. The summed E-state index contributed by atoms with van der Waals surface area (Å²) in [6.45, 7) is 24.9. The number of carbonyl (C=O) groups is 1. The summed E-state index contributed by atoms with van der Waals surface area (Å²) in [5.74, 6) is 1.62. The maximum atomic E-state index is 13.9. The Labute approximate surface area is 488 Å². The smallest absolute Gasteiger partial charge is 0.252 e. The number of hydrogen-bond acceptors (Lipinski definition) is 4. The molecule has 6 nitrogen and oxygen atoms in total. The fourth-order valence-corrected chi connectivity index (χ4v) is 13.5. The summed E-state index contributed by atoms with van der Waals surface area (Å²) in [4.78, 5) is 23.2. The second-order valence-electron chi connectivity index (χ2n) is 23.9. The van der Waals surface area contributed by atoms with Crippen molar-refractivity contribution in [3.8, 4) is 0 Å². The quantitative estimate of drug-likeness (QED) is 0.112. The van der Waals surface area contributed by atoms with E-state index in [9.17, 15) is 4.79 Å². The molecular formula is C72H68AuBN5O-2. The third kappa shape index (κ3) is 8.29. The van der Waals surface area contributed by atoms with Crippen molar-refractivity contribution >= 4 is 113 Å². The monoisotopic (exact) mass is 1230 g/mol. The molecule has 3 aliphatic heterocycles. The van der Waals surface area contributed by atoms with Crippen LogP contribution in [0.4, 0.5) is 45.5 Å². The number of benzene rings is 9. The Morgan fingerprint density at radius 1 is 0.500 bits per heavy atom. The Kier molecular flexibility index (Phi) is 13.6. The molecule has 14 rings (SSSR count). The van der Waals surface area contributed by atoms with E-state index in [1.807, 2.05) is 4.90 Å². The summed E-state index contributed by atoms with van der Waals surface area (Å²) >= 11 is 0. The maximum Gasteiger partial charge on any atom is 0.252 e. The van der Waals surface area contributed by atoms with E-state index in [1.165, 1.54) is 105 Å². The first-order valence-corrected chi connectivity index (χ1v) is 28.5. The number of fused-ring (bicyclic) bond motifs is 11. The fourth-order valence-electron chi connectivity index (χ4n) is 13.5. The Hall–Kier alpha value is -7.54. The van der Waals surface area contributed by atoms with Crippen molar-refractivity contribution in [3.63, 3.8) is 0 Å². The van der Waals surface area contributed by atoms with Gasteiger partial charge in [0.25, 0.3) is 6.71 Å². The molecular weight excluding hydrogens is 1160 g/mol. The molecule has 1 amide bonds. The van der Waals surface area contributed by atoms with Gasteiger partial charge in [0.2, 0.25) is 5.91 Å². The Morgan fingerprint density at radius 2 is 0.988 bits per heavy atom. The number of hydrogen-bond donors (Lipinski definition) is 0. The zero-order chi connectivity index (χ0) is 54.6. The molecule has 8 heteroatoms. The number of para-hydroxylation sites is 7. The van der Waals surface area contributed by atoms with Crippen LogP contribution in [0, 0.1) is 18.2 Å². The third-order valence-electron chi connectivity index (χ3n) is 17.0. The van der Waals surface area contributed by atoms with Gasteiger partial charge in [-0.25, -0.2) is 0 Å². The van der Waals surface area contributed by atoms with Gasteiger partial charge in [0, 0.05) is 85.5 Å². The van der Waals surface area contributed by atoms with Gasteiger partial charge in [0.05, 0.1) is 5.41 Å². The van der Waals surface area contributed by atoms with Crippen molar-refractivity contribution in [2.75, 3.05) is 26.1 Å². The largest absolute Gasteiger partial charge is 0.502 e. The van der Waals surface area contributed by atoms with E-state index in [-0.39, 0.29) is 35.0 Å². The zero-order valence-electron chi connectivity index (χ0n) is 47.5. The van der Waals surface area contributed by atoms with Gasteiger partial charge in [0.1, 0.15) is 0 Å². The molecule has 9 aromatic carbocycles. The molecule has 11 aromatic rings. The van der Waals surface area contributed by atoms with Crippen LogP contribution in [0.25, 0.3) is 38.1 Å². The first-order chi connectivity index (χ1) is 38.2. The summed E-state index contributed by atoms with van der Waals surface area (Å²) < 4.78 is 2.50. The van der Waals surface area contributed by atoms with Crippen LogP contribution in [-0.4, -0.2) is 23.6 Å². The molecule has 2 aromatic heterocycles. The molecule has 5 heterocycles. The summed E-state index contributed by atoms with van der Waals surface area (Å²) in [5, 5.41) is 5.03. The fraction of sp³-hybridized carbons (Fsp3) is 0.222. The minimum absolute atomic E-state index is 0. The van der Waals surface area contributed by atoms with E-state index >= 15 is 0 Å². The van der Waals surface area contributed by atoms with Crippen molar-refractivity contribution < 1.29 is 27.2 Å². The predicted octanol–water partition coefficient (Wildman–Crippen LogP) is 16.9. The van der Waals surface area contributed by atoms with E-state index < -0.39 is 5.41 Å². The van der Waals surface area contributed by atoms with Crippen LogP contribution >= 0.6 is 0 Å². The Balaban J connectivity index is 0.000000167. The number of aromatic nitrogens is 1. The maximum absolute atomic E-state index is 13.9. The molecule has 0 N–H and O–H groups in total. The van der Waals surface area contributed by atoms with Gasteiger partial charge in [-0.3, -0.25) is 4.79 Å². The van der Waals surface area contributed by atoms with Gasteiger partial charge in [-0.2, -0.15) is 18.2 Å². The minimum atomic E-state index is -0.509. The van der Waals surface area contributed by atoms with Crippen LogP contribution in [0.2, 0.25) is 0 Å². The van der Waals surface area contributed by atoms with E-state index in [0.717, 1.165) is 17.1 Å². The molecule has 0 unspecified atom stereocenters. The van der Waals surface area contributed by atoms with Gasteiger partial charge in [-0.15, -0.1) is 12.1 Å². The molecule has 0 spiro atoms. The predicted molar refractivity (Wildman–Crippen MR) is 336 cm³/mol. The second-order valence-corrected chi connectivity index (χ2v) is 23.9. The summed E-state index contributed by atoms with van der Waals surface area (Å²) in [6.07, 6.45) is 0. The molecule has 0 bridgehead atoms. The SMILES string of the molecule is CC(C)c1cccc(C(C)C)c1N1[CH-]N(c2c(C(C)C)cccc2C(C)C)C(=O)C(C)(C)C1.[Au].[c-]1cc2c3ccccc3n3c4cc5c6c(c4c(c1)c23)N(c1ccccc1)c1ccccc1B6c1ccccc1N5c1ccccc1. The van der Waals surface area contributed by atoms with Crippen molar-refractivity contribution in [2.24, 2.45) is 5.41 Å². The zero-order valence-corrected chi connectivity index (χ0v) is 49.7. The van der Waals surface area contributed by atoms with E-state index in [1.54, 1.807) is 0 Å². The van der Waals surface area contributed by atoms with Gasteiger partial charge < -0.3 is 24.0 Å². The van der Waals surface area contributed by atoms with Crippen LogP contribution in [0.5, 0.6) is 0 Å². The number of nitrogens with zero attached hydrogens (tertiary/aromatic N) is 5. The summed E-state index contributed by atoms with van der Waals surface area (Å²) in [7, 11) is 0.